The van der Waals surface area contributed by atoms with Crippen LogP contribution in [0.15, 0.2) is 54.6 Å². The van der Waals surface area contributed by atoms with Gasteiger partial charge < -0.3 is 9.64 Å². The van der Waals surface area contributed by atoms with Gasteiger partial charge in [0.15, 0.2) is 0 Å². The Labute approximate surface area is 175 Å². The highest BCUT2D eigenvalue weighted by Gasteiger charge is 2.23. The van der Waals surface area contributed by atoms with Gasteiger partial charge in [-0.1, -0.05) is 41.9 Å². The summed E-state index contributed by atoms with van der Waals surface area (Å²) in [5.41, 5.74) is 2.47. The van der Waals surface area contributed by atoms with Crippen LogP contribution >= 0.6 is 11.6 Å². The molecule has 2 aromatic carbocycles. The van der Waals surface area contributed by atoms with Crippen LogP contribution in [-0.2, 0) is 0 Å². The lowest BCUT2D eigenvalue weighted by molar-refractivity contribution is 0.0622. The number of halogens is 1. The minimum Gasteiger partial charge on any atom is -0.491 e. The topological polar surface area (TPSA) is 45.7 Å². The lowest BCUT2D eigenvalue weighted by Gasteiger charge is -2.34. The average Bonchev–Trinajstić information content (AvgIpc) is 2.74. The van der Waals surface area contributed by atoms with E-state index in [0.29, 0.717) is 30.5 Å². The second-order valence-corrected chi connectivity index (χ2v) is 7.65. The number of ether oxygens (including phenoxy) is 1. The van der Waals surface area contributed by atoms with Crippen molar-refractivity contribution in [3.05, 3.63) is 70.9 Å². The van der Waals surface area contributed by atoms with Crippen LogP contribution in [0.4, 0.5) is 0 Å². The van der Waals surface area contributed by atoms with E-state index in [1.165, 1.54) is 0 Å². The number of piperazine rings is 1. The number of aromatic nitrogens is 1. The number of para-hydroxylation sites is 2. The van der Waals surface area contributed by atoms with E-state index in [1.807, 2.05) is 66.4 Å². The summed E-state index contributed by atoms with van der Waals surface area (Å²) in [5, 5.41) is 1.54. The third kappa shape index (κ3) is 4.52. The zero-order valence-corrected chi connectivity index (χ0v) is 17.2. The van der Waals surface area contributed by atoms with Crippen molar-refractivity contribution in [3.8, 4) is 5.75 Å². The van der Waals surface area contributed by atoms with Gasteiger partial charge in [0, 0.05) is 43.8 Å². The number of rotatable bonds is 5. The fourth-order valence-corrected chi connectivity index (χ4v) is 3.87. The molecule has 5 nitrogen and oxygen atoms in total. The molecule has 0 saturated carbocycles. The maximum Gasteiger partial charge on any atom is 0.254 e. The van der Waals surface area contributed by atoms with Crippen molar-refractivity contribution in [1.29, 1.82) is 0 Å². The zero-order valence-electron chi connectivity index (χ0n) is 16.5. The Morgan fingerprint density at radius 2 is 1.79 bits per heavy atom. The highest BCUT2D eigenvalue weighted by Crippen LogP contribution is 2.23. The van der Waals surface area contributed by atoms with Gasteiger partial charge in [0.1, 0.15) is 12.4 Å². The average molecular weight is 410 g/mol. The maximum atomic E-state index is 13.1. The van der Waals surface area contributed by atoms with E-state index < -0.39 is 0 Å². The number of carbonyl (C=O) groups is 1. The van der Waals surface area contributed by atoms with E-state index in [1.54, 1.807) is 0 Å². The molecule has 0 aliphatic carbocycles. The van der Waals surface area contributed by atoms with E-state index in [2.05, 4.69) is 9.88 Å². The summed E-state index contributed by atoms with van der Waals surface area (Å²) in [6.45, 7) is 6.40. The Morgan fingerprint density at radius 1 is 1.07 bits per heavy atom. The predicted octanol–water partition coefficient (Wildman–Crippen LogP) is 4.03. The summed E-state index contributed by atoms with van der Waals surface area (Å²) < 4.78 is 5.78. The minimum atomic E-state index is 0.0821. The molecule has 1 aliphatic heterocycles. The number of hydrogen-bond acceptors (Lipinski definition) is 4. The van der Waals surface area contributed by atoms with Crippen LogP contribution in [0.2, 0.25) is 5.02 Å². The van der Waals surface area contributed by atoms with Crippen molar-refractivity contribution in [3.63, 3.8) is 0 Å². The van der Waals surface area contributed by atoms with Gasteiger partial charge in [0.05, 0.1) is 16.1 Å². The van der Waals surface area contributed by atoms with Crippen molar-refractivity contribution in [2.75, 3.05) is 39.3 Å². The number of hydrogen-bond donors (Lipinski definition) is 0. The molecule has 0 atom stereocenters. The van der Waals surface area contributed by atoms with Gasteiger partial charge in [-0.2, -0.15) is 0 Å². The van der Waals surface area contributed by atoms with Crippen LogP contribution < -0.4 is 4.74 Å². The van der Waals surface area contributed by atoms with Gasteiger partial charge >= 0.3 is 0 Å². The number of pyridine rings is 1. The first-order chi connectivity index (χ1) is 14.1. The quantitative estimate of drug-likeness (QED) is 0.638. The minimum absolute atomic E-state index is 0.0821. The van der Waals surface area contributed by atoms with Crippen LogP contribution in [0.1, 0.15) is 16.1 Å². The Bertz CT molecular complexity index is 1020. The van der Waals surface area contributed by atoms with Crippen molar-refractivity contribution in [2.45, 2.75) is 6.92 Å². The molecule has 2 heterocycles. The Morgan fingerprint density at radius 3 is 2.59 bits per heavy atom. The third-order valence-corrected chi connectivity index (χ3v) is 5.55. The molecule has 29 heavy (non-hydrogen) atoms. The number of carbonyl (C=O) groups excluding carboxylic acids is 1. The van der Waals surface area contributed by atoms with E-state index in [-0.39, 0.29) is 5.91 Å². The normalized spacial score (nSPS) is 14.9. The van der Waals surface area contributed by atoms with E-state index in [0.717, 1.165) is 41.8 Å². The van der Waals surface area contributed by atoms with Crippen molar-refractivity contribution < 1.29 is 9.53 Å². The SMILES string of the molecule is Cc1cc(C(=O)N2CCN(CCOc3ccccc3Cl)CC2)c2ccccc2n1. The summed E-state index contributed by atoms with van der Waals surface area (Å²) >= 11 is 6.12. The molecule has 1 amide bonds. The number of fused-ring (bicyclic) bond motifs is 1. The Hall–Kier alpha value is -2.63. The lowest BCUT2D eigenvalue weighted by Crippen LogP contribution is -2.49. The summed E-state index contributed by atoms with van der Waals surface area (Å²) in [7, 11) is 0. The fraction of sp³-hybridized carbons (Fsp3) is 0.304. The van der Waals surface area contributed by atoms with E-state index in [4.69, 9.17) is 16.3 Å². The second kappa shape index (κ2) is 8.80. The van der Waals surface area contributed by atoms with Crippen LogP contribution in [0, 0.1) is 6.92 Å². The van der Waals surface area contributed by atoms with Gasteiger partial charge in [0.25, 0.3) is 5.91 Å². The molecule has 1 aromatic heterocycles. The summed E-state index contributed by atoms with van der Waals surface area (Å²) in [6.07, 6.45) is 0. The number of aryl methyl sites for hydroxylation is 1. The molecule has 0 spiro atoms. The monoisotopic (exact) mass is 409 g/mol. The molecule has 6 heteroatoms. The lowest BCUT2D eigenvalue weighted by atomic mass is 10.1. The standard InChI is InChI=1S/C23H24ClN3O2/c1-17-16-19(18-6-2-4-8-21(18)25-17)23(28)27-12-10-26(11-13-27)14-15-29-22-9-5-3-7-20(22)24/h2-9,16H,10-15H2,1H3. The molecule has 0 N–H and O–H groups in total. The molecule has 0 bridgehead atoms. The summed E-state index contributed by atoms with van der Waals surface area (Å²) in [4.78, 5) is 21.9. The van der Waals surface area contributed by atoms with Crippen LogP contribution in [0.3, 0.4) is 0 Å². The molecule has 0 unspecified atom stereocenters. The molecule has 4 rings (SSSR count). The van der Waals surface area contributed by atoms with Gasteiger partial charge in [0.2, 0.25) is 0 Å². The second-order valence-electron chi connectivity index (χ2n) is 7.24. The van der Waals surface area contributed by atoms with Crippen molar-refractivity contribution in [2.24, 2.45) is 0 Å². The van der Waals surface area contributed by atoms with E-state index in [9.17, 15) is 4.79 Å². The predicted molar refractivity (Wildman–Crippen MR) is 116 cm³/mol. The first kappa shape index (κ1) is 19.7. The van der Waals surface area contributed by atoms with Gasteiger partial charge in [-0.3, -0.25) is 14.7 Å². The van der Waals surface area contributed by atoms with Crippen molar-refractivity contribution >= 4 is 28.4 Å². The number of benzene rings is 2. The molecular weight excluding hydrogens is 386 g/mol. The molecule has 3 aromatic rings. The van der Waals surface area contributed by atoms with E-state index >= 15 is 0 Å². The highest BCUT2D eigenvalue weighted by molar-refractivity contribution is 6.32. The molecule has 1 aliphatic rings. The van der Waals surface area contributed by atoms with Crippen molar-refractivity contribution in [1.82, 2.24) is 14.8 Å². The maximum absolute atomic E-state index is 13.1. The van der Waals surface area contributed by atoms with Gasteiger partial charge in [-0.25, -0.2) is 0 Å². The summed E-state index contributed by atoms with van der Waals surface area (Å²) in [6, 6.07) is 17.2. The number of amides is 1. The Kier molecular flexibility index (Phi) is 5.97. The summed E-state index contributed by atoms with van der Waals surface area (Å²) in [5.74, 6) is 0.793. The van der Waals surface area contributed by atoms with Crippen LogP contribution in [0.25, 0.3) is 10.9 Å². The zero-order chi connectivity index (χ0) is 20.2. The smallest absolute Gasteiger partial charge is 0.254 e. The molecule has 0 radical (unpaired) electrons. The first-order valence-electron chi connectivity index (χ1n) is 9.87. The third-order valence-electron chi connectivity index (χ3n) is 5.24. The highest BCUT2D eigenvalue weighted by atomic mass is 35.5. The molecular formula is C23H24ClN3O2. The number of nitrogens with zero attached hydrogens (tertiary/aromatic N) is 3. The van der Waals surface area contributed by atoms with Crippen LogP contribution in [0.5, 0.6) is 5.75 Å². The Balaban J connectivity index is 1.34. The molecule has 1 fully saturated rings. The first-order valence-corrected chi connectivity index (χ1v) is 10.2. The van der Waals surface area contributed by atoms with Gasteiger partial charge in [-0.05, 0) is 31.2 Å². The molecule has 150 valence electrons. The fourth-order valence-electron chi connectivity index (χ4n) is 3.68. The van der Waals surface area contributed by atoms with Gasteiger partial charge in [-0.15, -0.1) is 0 Å². The molecule has 1 saturated heterocycles. The largest absolute Gasteiger partial charge is 0.491 e. The van der Waals surface area contributed by atoms with Crippen LogP contribution in [-0.4, -0.2) is 60.0 Å².